The predicted molar refractivity (Wildman–Crippen MR) is 85.6 cm³/mol. The molecule has 0 aliphatic heterocycles. The van der Waals surface area contributed by atoms with E-state index in [1.165, 1.54) is 25.2 Å². The van der Waals surface area contributed by atoms with Crippen molar-refractivity contribution in [2.45, 2.75) is 4.90 Å². The molecular formula is C13H10N4O6S. The van der Waals surface area contributed by atoms with Gasteiger partial charge in [0.15, 0.2) is 0 Å². The first kappa shape index (κ1) is 15.8. The van der Waals surface area contributed by atoms with Crippen molar-refractivity contribution in [1.29, 1.82) is 0 Å². The number of rotatable bonds is 3. The average molecular weight is 350 g/mol. The molecule has 0 spiro atoms. The topological polar surface area (TPSA) is 155 Å². The zero-order chi connectivity index (χ0) is 17.6. The van der Waals surface area contributed by atoms with Crippen LogP contribution in [0.25, 0.3) is 21.8 Å². The van der Waals surface area contributed by atoms with E-state index in [1.54, 1.807) is 0 Å². The highest BCUT2D eigenvalue weighted by atomic mass is 32.2. The minimum Gasteiger partial charge on any atom is -0.316 e. The van der Waals surface area contributed by atoms with Crippen molar-refractivity contribution in [1.82, 2.24) is 14.7 Å². The van der Waals surface area contributed by atoms with E-state index in [4.69, 9.17) is 0 Å². The number of nitrogens with zero attached hydrogens (tertiary/aromatic N) is 1. The maximum Gasteiger partial charge on any atom is 0.314 e. The molecule has 0 saturated carbocycles. The van der Waals surface area contributed by atoms with Crippen LogP contribution in [0, 0.1) is 10.1 Å². The Morgan fingerprint density at radius 2 is 1.75 bits per heavy atom. The normalized spacial score (nSPS) is 11.9. The van der Waals surface area contributed by atoms with Gasteiger partial charge in [-0.25, -0.2) is 13.1 Å². The van der Waals surface area contributed by atoms with Crippen molar-refractivity contribution in [3.05, 3.63) is 55.1 Å². The number of aromatic amines is 2. The van der Waals surface area contributed by atoms with Crippen LogP contribution in [0.4, 0.5) is 5.69 Å². The third kappa shape index (κ3) is 2.35. The highest BCUT2D eigenvalue weighted by Crippen LogP contribution is 2.32. The third-order valence-electron chi connectivity index (χ3n) is 3.56. The number of nitro benzene ring substituents is 1. The molecule has 3 N–H and O–H groups in total. The van der Waals surface area contributed by atoms with Gasteiger partial charge in [0, 0.05) is 11.5 Å². The lowest BCUT2D eigenvalue weighted by atomic mass is 10.1. The number of fused-ring (bicyclic) bond motifs is 3. The number of H-pyrrole nitrogens is 2. The average Bonchev–Trinajstić information content (AvgIpc) is 2.54. The molecule has 0 radical (unpaired) electrons. The lowest BCUT2D eigenvalue weighted by Crippen LogP contribution is -2.29. The third-order valence-corrected chi connectivity index (χ3v) is 4.97. The van der Waals surface area contributed by atoms with Gasteiger partial charge in [0.2, 0.25) is 10.0 Å². The van der Waals surface area contributed by atoms with Crippen molar-refractivity contribution in [2.24, 2.45) is 0 Å². The van der Waals surface area contributed by atoms with Crippen LogP contribution >= 0.6 is 0 Å². The van der Waals surface area contributed by atoms with Crippen LogP contribution in [0.3, 0.4) is 0 Å². The van der Waals surface area contributed by atoms with E-state index < -0.39 is 26.1 Å². The van der Waals surface area contributed by atoms with Crippen molar-refractivity contribution in [2.75, 3.05) is 7.05 Å². The van der Waals surface area contributed by atoms with E-state index in [-0.39, 0.29) is 32.4 Å². The summed E-state index contributed by atoms with van der Waals surface area (Å²) in [6.07, 6.45) is 0. The van der Waals surface area contributed by atoms with Gasteiger partial charge < -0.3 is 9.97 Å². The van der Waals surface area contributed by atoms with Gasteiger partial charge in [-0.15, -0.1) is 0 Å². The molecule has 11 heteroatoms. The molecule has 1 heterocycles. The highest BCUT2D eigenvalue weighted by Gasteiger charge is 2.20. The number of hydrogen-bond donors (Lipinski definition) is 3. The molecule has 0 amide bonds. The van der Waals surface area contributed by atoms with E-state index in [0.717, 1.165) is 6.07 Å². The molecule has 2 aromatic carbocycles. The van der Waals surface area contributed by atoms with Crippen molar-refractivity contribution < 1.29 is 13.3 Å². The zero-order valence-corrected chi connectivity index (χ0v) is 12.9. The van der Waals surface area contributed by atoms with Gasteiger partial charge >= 0.3 is 11.1 Å². The van der Waals surface area contributed by atoms with Gasteiger partial charge in [-0.1, -0.05) is 0 Å². The number of aromatic nitrogens is 2. The molecule has 0 unspecified atom stereocenters. The van der Waals surface area contributed by atoms with Crippen LogP contribution in [0.5, 0.6) is 0 Å². The summed E-state index contributed by atoms with van der Waals surface area (Å²) in [5, 5.41) is 11.5. The number of sulfonamides is 1. The molecule has 124 valence electrons. The fourth-order valence-electron chi connectivity index (χ4n) is 2.40. The van der Waals surface area contributed by atoms with Crippen LogP contribution in [-0.2, 0) is 10.0 Å². The van der Waals surface area contributed by atoms with Crippen LogP contribution < -0.4 is 15.8 Å². The first-order chi connectivity index (χ1) is 11.2. The van der Waals surface area contributed by atoms with Gasteiger partial charge in [0.05, 0.1) is 26.2 Å². The Labute approximate surface area is 133 Å². The number of nitrogens with one attached hydrogen (secondary N) is 3. The summed E-state index contributed by atoms with van der Waals surface area (Å²) in [4.78, 5) is 38.1. The van der Waals surface area contributed by atoms with E-state index in [2.05, 4.69) is 14.7 Å². The van der Waals surface area contributed by atoms with E-state index in [1.807, 2.05) is 0 Å². The second-order valence-electron chi connectivity index (χ2n) is 4.90. The van der Waals surface area contributed by atoms with Crippen LogP contribution in [0.2, 0.25) is 0 Å². The monoisotopic (exact) mass is 350 g/mol. The molecule has 0 aliphatic carbocycles. The Hall–Kier alpha value is -3.05. The maximum absolute atomic E-state index is 11.9. The number of non-ortho nitro benzene ring substituents is 1. The van der Waals surface area contributed by atoms with Gasteiger partial charge in [0.25, 0.3) is 5.69 Å². The number of benzene rings is 2. The lowest BCUT2D eigenvalue weighted by molar-refractivity contribution is -0.382. The Kier molecular flexibility index (Phi) is 3.46. The summed E-state index contributed by atoms with van der Waals surface area (Å²) in [5.41, 5.74) is -2.10. The Morgan fingerprint density at radius 1 is 1.08 bits per heavy atom. The van der Waals surface area contributed by atoms with Crippen LogP contribution in [0.1, 0.15) is 0 Å². The maximum atomic E-state index is 11.9. The molecule has 0 aliphatic rings. The minimum absolute atomic E-state index is 0.0257. The molecule has 3 aromatic rings. The summed E-state index contributed by atoms with van der Waals surface area (Å²) in [7, 11) is -2.57. The first-order valence-corrected chi connectivity index (χ1v) is 8.04. The summed E-state index contributed by atoms with van der Waals surface area (Å²) >= 11 is 0. The molecule has 0 atom stereocenters. The summed E-state index contributed by atoms with van der Waals surface area (Å²) < 4.78 is 26.0. The molecule has 0 bridgehead atoms. The molecule has 1 aromatic heterocycles. The predicted octanol–water partition coefficient (Wildman–Crippen LogP) is 0.186. The Bertz CT molecular complexity index is 1220. The highest BCUT2D eigenvalue weighted by molar-refractivity contribution is 7.89. The molecular weight excluding hydrogens is 340 g/mol. The van der Waals surface area contributed by atoms with Crippen molar-refractivity contribution in [3.8, 4) is 0 Å². The standard InChI is InChI=1S/C13H10N4O6S/c1-14-24(22,23)6-2-3-7-8(4-6)11-9(5-10(7)17(20)21)15-12(18)13(19)16-11/h2-5,14H,1H3,(H,15,18)(H,16,19). The van der Waals surface area contributed by atoms with Gasteiger partial charge in [-0.3, -0.25) is 19.7 Å². The molecule has 0 fully saturated rings. The van der Waals surface area contributed by atoms with Gasteiger partial charge in [-0.05, 0) is 25.2 Å². The van der Waals surface area contributed by atoms with Crippen LogP contribution in [0.15, 0.2) is 38.8 Å². The van der Waals surface area contributed by atoms with Crippen molar-refractivity contribution in [3.63, 3.8) is 0 Å². The van der Waals surface area contributed by atoms with Gasteiger partial charge in [0.1, 0.15) is 0 Å². The Morgan fingerprint density at radius 3 is 2.38 bits per heavy atom. The smallest absolute Gasteiger partial charge is 0.314 e. The number of hydrogen-bond acceptors (Lipinski definition) is 6. The first-order valence-electron chi connectivity index (χ1n) is 6.55. The quantitative estimate of drug-likeness (QED) is 0.265. The fraction of sp³-hybridized carbons (Fsp3) is 0.0769. The van der Waals surface area contributed by atoms with E-state index in [9.17, 15) is 28.1 Å². The SMILES string of the molecule is CNS(=O)(=O)c1ccc2c([N+](=O)[O-])cc3[nH]c(=O)c(=O)[nH]c3c2c1. The van der Waals surface area contributed by atoms with Gasteiger partial charge in [-0.2, -0.15) is 0 Å². The summed E-state index contributed by atoms with van der Waals surface area (Å²) in [5.74, 6) is 0. The fourth-order valence-corrected chi connectivity index (χ4v) is 3.16. The molecule has 24 heavy (non-hydrogen) atoms. The second-order valence-corrected chi connectivity index (χ2v) is 6.79. The lowest BCUT2D eigenvalue weighted by Gasteiger charge is -2.07. The summed E-state index contributed by atoms with van der Waals surface area (Å²) in [6, 6.07) is 4.81. The number of nitro groups is 1. The van der Waals surface area contributed by atoms with E-state index >= 15 is 0 Å². The largest absolute Gasteiger partial charge is 0.316 e. The second kappa shape index (κ2) is 5.25. The molecule has 10 nitrogen and oxygen atoms in total. The zero-order valence-electron chi connectivity index (χ0n) is 12.1. The molecule has 0 saturated heterocycles. The molecule has 3 rings (SSSR count). The summed E-state index contributed by atoms with van der Waals surface area (Å²) in [6.45, 7) is 0. The Balaban J connectivity index is 2.58. The van der Waals surface area contributed by atoms with Crippen LogP contribution in [-0.4, -0.2) is 30.4 Å². The van der Waals surface area contributed by atoms with Crippen molar-refractivity contribution >= 4 is 37.5 Å². The van der Waals surface area contributed by atoms with E-state index in [0.29, 0.717) is 0 Å². The minimum atomic E-state index is -3.79.